The van der Waals surface area contributed by atoms with Crippen LogP contribution in [-0.2, 0) is 23.0 Å². The van der Waals surface area contributed by atoms with Gasteiger partial charge in [-0.2, -0.15) is 5.10 Å². The van der Waals surface area contributed by atoms with E-state index in [2.05, 4.69) is 10.4 Å². The number of carbonyl (C=O) groups is 1. The number of hydrogen-bond acceptors (Lipinski definition) is 4. The van der Waals surface area contributed by atoms with Gasteiger partial charge in [-0.15, -0.1) is 0 Å². The van der Waals surface area contributed by atoms with Gasteiger partial charge in [0.1, 0.15) is 0 Å². The average Bonchev–Trinajstić information content (AvgIpc) is 3.10. The summed E-state index contributed by atoms with van der Waals surface area (Å²) in [6.07, 6.45) is 2.10. The van der Waals surface area contributed by atoms with Crippen LogP contribution in [0.15, 0.2) is 59.6 Å². The third-order valence-corrected chi connectivity index (χ3v) is 5.33. The topological polar surface area (TPSA) is 107 Å². The molecule has 0 aliphatic heterocycles. The number of benzene rings is 2. The largest absolute Gasteiger partial charge is 0.348 e. The van der Waals surface area contributed by atoms with Crippen LogP contribution in [0.5, 0.6) is 0 Å². The summed E-state index contributed by atoms with van der Waals surface area (Å²) >= 11 is 6.05. The molecule has 1 heterocycles. The minimum Gasteiger partial charge on any atom is -0.348 e. The van der Waals surface area contributed by atoms with E-state index < -0.39 is 10.0 Å². The standard InChI is InChI=1S/C19H19ClN4O3S/c1-2-18-17(12-23-24(18)15-7-4-6-14(20)10-15)19(25)22-11-13-5-3-8-16(9-13)28(21,26)27/h3-10,12H,2,11H2,1H3,(H,22,25)(H2,21,26,27). The minimum absolute atomic E-state index is 0.00210. The van der Waals surface area contributed by atoms with Gasteiger partial charge in [0, 0.05) is 11.6 Å². The lowest BCUT2D eigenvalue weighted by Gasteiger charge is -2.09. The molecule has 146 valence electrons. The molecule has 1 amide bonds. The number of nitrogens with two attached hydrogens (primary N) is 1. The molecule has 3 N–H and O–H groups in total. The lowest BCUT2D eigenvalue weighted by molar-refractivity contribution is 0.0950. The van der Waals surface area contributed by atoms with Crippen molar-refractivity contribution >= 4 is 27.5 Å². The predicted octanol–water partition coefficient (Wildman–Crippen LogP) is 2.67. The van der Waals surface area contributed by atoms with E-state index in [9.17, 15) is 13.2 Å². The molecule has 0 bridgehead atoms. The molecule has 0 atom stereocenters. The lowest BCUT2D eigenvalue weighted by Crippen LogP contribution is -2.24. The Morgan fingerprint density at radius 2 is 1.96 bits per heavy atom. The van der Waals surface area contributed by atoms with Crippen LogP contribution in [-0.4, -0.2) is 24.1 Å². The molecule has 1 aromatic heterocycles. The maximum Gasteiger partial charge on any atom is 0.255 e. The third-order valence-electron chi connectivity index (χ3n) is 4.18. The van der Waals surface area contributed by atoms with E-state index in [1.807, 2.05) is 19.1 Å². The van der Waals surface area contributed by atoms with Crippen molar-refractivity contribution < 1.29 is 13.2 Å². The molecule has 7 nitrogen and oxygen atoms in total. The number of nitrogens with one attached hydrogen (secondary N) is 1. The zero-order valence-electron chi connectivity index (χ0n) is 15.1. The molecular formula is C19H19ClN4O3S. The van der Waals surface area contributed by atoms with Crippen LogP contribution in [0.25, 0.3) is 5.69 Å². The summed E-state index contributed by atoms with van der Waals surface area (Å²) in [5.74, 6) is -0.300. The first-order valence-corrected chi connectivity index (χ1v) is 10.4. The lowest BCUT2D eigenvalue weighted by atomic mass is 10.1. The summed E-state index contributed by atoms with van der Waals surface area (Å²) in [6.45, 7) is 2.10. The number of sulfonamides is 1. The van der Waals surface area contributed by atoms with Gasteiger partial charge in [-0.05, 0) is 42.3 Å². The molecule has 3 aromatic rings. The van der Waals surface area contributed by atoms with Crippen LogP contribution >= 0.6 is 11.6 Å². The third kappa shape index (κ3) is 4.41. The number of rotatable bonds is 6. The number of amides is 1. The van der Waals surface area contributed by atoms with Gasteiger partial charge in [-0.3, -0.25) is 4.79 Å². The van der Waals surface area contributed by atoms with Gasteiger partial charge in [0.15, 0.2) is 0 Å². The summed E-state index contributed by atoms with van der Waals surface area (Å²) in [7, 11) is -3.79. The van der Waals surface area contributed by atoms with Crippen molar-refractivity contribution in [1.29, 1.82) is 0 Å². The number of halogens is 1. The van der Waals surface area contributed by atoms with E-state index in [0.717, 1.165) is 11.4 Å². The fourth-order valence-corrected chi connectivity index (χ4v) is 3.61. The molecule has 0 aliphatic carbocycles. The Morgan fingerprint density at radius 3 is 2.64 bits per heavy atom. The maximum absolute atomic E-state index is 12.7. The number of aromatic nitrogens is 2. The fourth-order valence-electron chi connectivity index (χ4n) is 2.84. The first kappa shape index (κ1) is 20.1. The summed E-state index contributed by atoms with van der Waals surface area (Å²) in [6, 6.07) is 13.4. The molecule has 0 fully saturated rings. The Labute approximate surface area is 168 Å². The highest BCUT2D eigenvalue weighted by Crippen LogP contribution is 2.19. The van der Waals surface area contributed by atoms with Crippen molar-refractivity contribution in [2.45, 2.75) is 24.8 Å². The zero-order chi connectivity index (χ0) is 20.3. The molecule has 0 radical (unpaired) electrons. The fraction of sp³-hybridized carbons (Fsp3) is 0.158. The van der Waals surface area contributed by atoms with E-state index in [4.69, 9.17) is 16.7 Å². The van der Waals surface area contributed by atoms with Crippen molar-refractivity contribution in [3.63, 3.8) is 0 Å². The van der Waals surface area contributed by atoms with Gasteiger partial charge < -0.3 is 5.32 Å². The van der Waals surface area contributed by atoms with Crippen LogP contribution in [0.2, 0.25) is 5.02 Å². The maximum atomic E-state index is 12.7. The predicted molar refractivity (Wildman–Crippen MR) is 107 cm³/mol. The monoisotopic (exact) mass is 418 g/mol. The van der Waals surface area contributed by atoms with Gasteiger partial charge in [-0.1, -0.05) is 36.7 Å². The van der Waals surface area contributed by atoms with Crippen LogP contribution in [0, 0.1) is 0 Å². The highest BCUT2D eigenvalue weighted by Gasteiger charge is 2.17. The second-order valence-electron chi connectivity index (χ2n) is 6.13. The average molecular weight is 419 g/mol. The quantitative estimate of drug-likeness (QED) is 0.641. The van der Waals surface area contributed by atoms with E-state index in [-0.39, 0.29) is 17.3 Å². The summed E-state index contributed by atoms with van der Waals surface area (Å²) in [4.78, 5) is 12.7. The highest BCUT2D eigenvalue weighted by atomic mass is 35.5. The normalized spacial score (nSPS) is 11.4. The van der Waals surface area contributed by atoms with E-state index >= 15 is 0 Å². The first-order chi connectivity index (χ1) is 13.3. The number of nitrogens with zero attached hydrogens (tertiary/aromatic N) is 2. The van der Waals surface area contributed by atoms with Crippen LogP contribution < -0.4 is 10.5 Å². The first-order valence-electron chi connectivity index (χ1n) is 8.52. The Hall–Kier alpha value is -2.68. The molecule has 0 unspecified atom stereocenters. The van der Waals surface area contributed by atoms with Crippen LogP contribution in [0.3, 0.4) is 0 Å². The summed E-state index contributed by atoms with van der Waals surface area (Å²) in [5, 5.41) is 12.8. The number of primary sulfonamides is 1. The second-order valence-corrected chi connectivity index (χ2v) is 8.12. The van der Waals surface area contributed by atoms with E-state index in [0.29, 0.717) is 22.6 Å². The molecular weight excluding hydrogens is 400 g/mol. The van der Waals surface area contributed by atoms with E-state index in [1.165, 1.54) is 18.3 Å². The van der Waals surface area contributed by atoms with E-state index in [1.54, 1.807) is 28.9 Å². The Balaban J connectivity index is 1.80. The molecule has 0 saturated carbocycles. The van der Waals surface area contributed by atoms with Gasteiger partial charge in [-0.25, -0.2) is 18.2 Å². The molecule has 0 spiro atoms. The number of carbonyl (C=O) groups excluding carboxylic acids is 1. The molecule has 9 heteroatoms. The molecule has 28 heavy (non-hydrogen) atoms. The van der Waals surface area contributed by atoms with Crippen LogP contribution in [0.1, 0.15) is 28.5 Å². The zero-order valence-corrected chi connectivity index (χ0v) is 16.7. The van der Waals surface area contributed by atoms with Crippen molar-refractivity contribution in [1.82, 2.24) is 15.1 Å². The molecule has 0 saturated heterocycles. The smallest absolute Gasteiger partial charge is 0.255 e. The van der Waals surface area contributed by atoms with Gasteiger partial charge in [0.25, 0.3) is 5.91 Å². The summed E-state index contributed by atoms with van der Waals surface area (Å²) < 4.78 is 24.6. The van der Waals surface area contributed by atoms with Crippen molar-refractivity contribution in [2.24, 2.45) is 5.14 Å². The highest BCUT2D eigenvalue weighted by molar-refractivity contribution is 7.89. The van der Waals surface area contributed by atoms with Gasteiger partial charge in [0.05, 0.1) is 28.0 Å². The van der Waals surface area contributed by atoms with Crippen LogP contribution in [0.4, 0.5) is 0 Å². The SMILES string of the molecule is CCc1c(C(=O)NCc2cccc(S(N)(=O)=O)c2)cnn1-c1cccc(Cl)c1. The minimum atomic E-state index is -3.79. The van der Waals surface area contributed by atoms with Crippen molar-refractivity contribution in [2.75, 3.05) is 0 Å². The Morgan fingerprint density at radius 1 is 1.21 bits per heavy atom. The Kier molecular flexibility index (Phi) is 5.83. The van der Waals surface area contributed by atoms with Gasteiger partial charge in [0.2, 0.25) is 10.0 Å². The molecule has 3 rings (SSSR count). The van der Waals surface area contributed by atoms with Crippen molar-refractivity contribution in [3.05, 3.63) is 76.6 Å². The Bertz CT molecular complexity index is 1130. The molecule has 2 aromatic carbocycles. The van der Waals surface area contributed by atoms with Gasteiger partial charge >= 0.3 is 0 Å². The van der Waals surface area contributed by atoms with Crippen molar-refractivity contribution in [3.8, 4) is 5.69 Å². The number of hydrogen-bond donors (Lipinski definition) is 2. The molecule has 0 aliphatic rings. The second kappa shape index (κ2) is 8.14. The summed E-state index contributed by atoms with van der Waals surface area (Å²) in [5.41, 5.74) is 2.59.